The first-order valence-corrected chi connectivity index (χ1v) is 6.89. The van der Waals surface area contributed by atoms with Gasteiger partial charge in [0.1, 0.15) is 0 Å². The molecule has 0 bridgehead atoms. The topological polar surface area (TPSA) is 87.8 Å². The number of nitro benzene ring substituents is 1. The maximum absolute atomic E-state index is 11.8. The van der Waals surface area contributed by atoms with Gasteiger partial charge in [-0.2, -0.15) is 5.10 Å². The van der Waals surface area contributed by atoms with E-state index in [1.165, 1.54) is 18.3 Å². The van der Waals surface area contributed by atoms with E-state index in [1.807, 2.05) is 37.4 Å². The van der Waals surface area contributed by atoms with E-state index in [0.29, 0.717) is 5.56 Å². The highest BCUT2D eigenvalue weighted by molar-refractivity contribution is 5.84. The summed E-state index contributed by atoms with van der Waals surface area (Å²) in [5, 5.41) is 14.4. The molecule has 0 unspecified atom stereocenters. The fourth-order valence-corrected chi connectivity index (χ4v) is 1.89. The first kappa shape index (κ1) is 16.2. The highest BCUT2D eigenvalue weighted by atomic mass is 16.6. The van der Waals surface area contributed by atoms with Gasteiger partial charge in [-0.25, -0.2) is 5.43 Å². The Balaban J connectivity index is 1.85. The zero-order chi connectivity index (χ0) is 16.7. The van der Waals surface area contributed by atoms with Gasteiger partial charge in [0.2, 0.25) is 0 Å². The molecule has 0 spiro atoms. The van der Waals surface area contributed by atoms with Gasteiger partial charge in [0.15, 0.2) is 0 Å². The van der Waals surface area contributed by atoms with Crippen molar-refractivity contribution in [3.8, 4) is 0 Å². The zero-order valence-electron chi connectivity index (χ0n) is 12.5. The number of benzene rings is 2. The van der Waals surface area contributed by atoms with Crippen LogP contribution in [0, 0.1) is 10.1 Å². The van der Waals surface area contributed by atoms with Crippen LogP contribution >= 0.6 is 0 Å². The summed E-state index contributed by atoms with van der Waals surface area (Å²) < 4.78 is 0. The number of nitrogens with zero attached hydrogens (tertiary/aromatic N) is 3. The van der Waals surface area contributed by atoms with Crippen LogP contribution in [-0.4, -0.2) is 30.6 Å². The Morgan fingerprint density at radius 3 is 2.48 bits per heavy atom. The van der Waals surface area contributed by atoms with Gasteiger partial charge in [-0.15, -0.1) is 0 Å². The van der Waals surface area contributed by atoms with Crippen LogP contribution in [0.4, 0.5) is 11.4 Å². The molecule has 0 radical (unpaired) electrons. The molecule has 1 N–H and O–H groups in total. The molecular weight excluding hydrogens is 296 g/mol. The Morgan fingerprint density at radius 1 is 1.22 bits per heavy atom. The van der Waals surface area contributed by atoms with E-state index in [1.54, 1.807) is 17.0 Å². The summed E-state index contributed by atoms with van der Waals surface area (Å²) in [6.07, 6.45) is 1.43. The van der Waals surface area contributed by atoms with Gasteiger partial charge >= 0.3 is 0 Å². The van der Waals surface area contributed by atoms with Crippen LogP contribution in [0.1, 0.15) is 5.56 Å². The summed E-state index contributed by atoms with van der Waals surface area (Å²) in [7, 11) is 1.81. The highest BCUT2D eigenvalue weighted by Gasteiger charge is 2.06. The minimum atomic E-state index is -0.470. The molecule has 2 aromatic rings. The highest BCUT2D eigenvalue weighted by Crippen LogP contribution is 2.11. The summed E-state index contributed by atoms with van der Waals surface area (Å²) in [6.45, 7) is 0.168. The van der Waals surface area contributed by atoms with E-state index in [9.17, 15) is 14.9 Å². The first-order chi connectivity index (χ1) is 11.1. The number of hydrogen-bond donors (Lipinski definition) is 1. The molecule has 118 valence electrons. The van der Waals surface area contributed by atoms with Crippen molar-refractivity contribution in [3.05, 3.63) is 70.3 Å². The number of hydrogen-bond acceptors (Lipinski definition) is 5. The summed E-state index contributed by atoms with van der Waals surface area (Å²) in [4.78, 5) is 23.7. The molecule has 7 heteroatoms. The number of carbonyl (C=O) groups is 1. The zero-order valence-corrected chi connectivity index (χ0v) is 12.5. The minimum absolute atomic E-state index is 0.00988. The number of para-hydroxylation sites is 1. The fourth-order valence-electron chi connectivity index (χ4n) is 1.89. The van der Waals surface area contributed by atoms with Gasteiger partial charge in [-0.1, -0.05) is 18.2 Å². The molecule has 7 nitrogen and oxygen atoms in total. The maximum atomic E-state index is 11.8. The van der Waals surface area contributed by atoms with Gasteiger partial charge in [0, 0.05) is 24.9 Å². The molecule has 0 aliphatic rings. The molecule has 0 heterocycles. The molecule has 1 amide bonds. The number of rotatable bonds is 6. The molecule has 2 rings (SSSR count). The quantitative estimate of drug-likeness (QED) is 0.503. The van der Waals surface area contributed by atoms with Gasteiger partial charge < -0.3 is 4.90 Å². The van der Waals surface area contributed by atoms with Crippen molar-refractivity contribution in [1.82, 2.24) is 5.43 Å². The summed E-state index contributed by atoms with van der Waals surface area (Å²) in [5.41, 5.74) is 4.03. The lowest BCUT2D eigenvalue weighted by atomic mass is 10.2. The second kappa shape index (κ2) is 7.69. The number of hydrazone groups is 1. The van der Waals surface area contributed by atoms with Crippen LogP contribution < -0.4 is 10.3 Å². The van der Waals surface area contributed by atoms with Crippen molar-refractivity contribution >= 4 is 23.5 Å². The van der Waals surface area contributed by atoms with E-state index >= 15 is 0 Å². The van der Waals surface area contributed by atoms with Crippen LogP contribution in [0.15, 0.2) is 59.7 Å². The summed E-state index contributed by atoms with van der Waals surface area (Å²) in [5.74, 6) is -0.255. The molecule has 0 aliphatic heterocycles. The molecule has 23 heavy (non-hydrogen) atoms. The van der Waals surface area contributed by atoms with Crippen molar-refractivity contribution in [1.29, 1.82) is 0 Å². The van der Waals surface area contributed by atoms with Crippen LogP contribution in [0.25, 0.3) is 0 Å². The van der Waals surface area contributed by atoms with Crippen molar-refractivity contribution in [2.75, 3.05) is 18.5 Å². The minimum Gasteiger partial charge on any atom is -0.365 e. The molecular formula is C16H16N4O3. The molecule has 2 aromatic carbocycles. The van der Waals surface area contributed by atoms with Crippen LogP contribution in [-0.2, 0) is 4.79 Å². The number of anilines is 1. The Hall–Kier alpha value is -3.22. The number of likely N-dealkylation sites (N-methyl/N-ethyl adjacent to an activating group) is 1. The Bertz CT molecular complexity index is 699. The number of carbonyl (C=O) groups excluding carboxylic acids is 1. The molecule has 0 saturated heterocycles. The lowest BCUT2D eigenvalue weighted by Crippen LogP contribution is -2.32. The van der Waals surface area contributed by atoms with Crippen LogP contribution in [0.3, 0.4) is 0 Å². The van der Waals surface area contributed by atoms with E-state index < -0.39 is 4.92 Å². The fraction of sp³-hybridized carbons (Fsp3) is 0.125. The summed E-state index contributed by atoms with van der Waals surface area (Å²) >= 11 is 0. The number of amides is 1. The van der Waals surface area contributed by atoms with Crippen molar-refractivity contribution in [2.24, 2.45) is 5.10 Å². The Kier molecular flexibility index (Phi) is 5.40. The van der Waals surface area contributed by atoms with E-state index in [0.717, 1.165) is 5.69 Å². The second-order valence-corrected chi connectivity index (χ2v) is 4.83. The van der Waals surface area contributed by atoms with Gasteiger partial charge in [-0.3, -0.25) is 14.9 Å². The Labute approximate surface area is 133 Å². The third kappa shape index (κ3) is 4.92. The largest absolute Gasteiger partial charge is 0.365 e. The van der Waals surface area contributed by atoms with Crippen molar-refractivity contribution in [2.45, 2.75) is 0 Å². The molecule has 0 atom stereocenters. The van der Waals surface area contributed by atoms with Gasteiger partial charge in [0.05, 0.1) is 17.7 Å². The third-order valence-electron chi connectivity index (χ3n) is 3.08. The predicted molar refractivity (Wildman–Crippen MR) is 88.5 cm³/mol. The SMILES string of the molecule is CN(CC(=O)NN=Cc1ccc([N+](=O)[O-])cc1)c1ccccc1. The molecule has 0 fully saturated rings. The molecule has 0 aliphatic carbocycles. The average Bonchev–Trinajstić information content (AvgIpc) is 2.56. The standard InChI is InChI=1S/C16H16N4O3/c1-19(14-5-3-2-4-6-14)12-16(21)18-17-11-13-7-9-15(10-8-13)20(22)23/h2-11H,12H2,1H3,(H,18,21). The van der Waals surface area contributed by atoms with Gasteiger partial charge in [-0.05, 0) is 29.8 Å². The number of non-ortho nitro benzene ring substituents is 1. The predicted octanol–water partition coefficient (Wildman–Crippen LogP) is 2.18. The van der Waals surface area contributed by atoms with Gasteiger partial charge in [0.25, 0.3) is 11.6 Å². The first-order valence-electron chi connectivity index (χ1n) is 6.89. The van der Waals surface area contributed by atoms with Crippen LogP contribution in [0.5, 0.6) is 0 Å². The van der Waals surface area contributed by atoms with E-state index in [-0.39, 0.29) is 18.1 Å². The Morgan fingerprint density at radius 2 is 1.87 bits per heavy atom. The average molecular weight is 312 g/mol. The summed E-state index contributed by atoms with van der Waals surface area (Å²) in [6, 6.07) is 15.4. The second-order valence-electron chi connectivity index (χ2n) is 4.83. The van der Waals surface area contributed by atoms with Crippen molar-refractivity contribution < 1.29 is 9.72 Å². The third-order valence-corrected chi connectivity index (χ3v) is 3.08. The normalized spacial score (nSPS) is 10.5. The number of nitrogens with one attached hydrogen (secondary N) is 1. The molecule has 0 aromatic heterocycles. The molecule has 0 saturated carbocycles. The van der Waals surface area contributed by atoms with Crippen LogP contribution in [0.2, 0.25) is 0 Å². The van der Waals surface area contributed by atoms with E-state index in [2.05, 4.69) is 10.5 Å². The lowest BCUT2D eigenvalue weighted by Gasteiger charge is -2.17. The van der Waals surface area contributed by atoms with E-state index in [4.69, 9.17) is 0 Å². The smallest absolute Gasteiger partial charge is 0.269 e. The number of nitro groups is 1. The maximum Gasteiger partial charge on any atom is 0.269 e. The van der Waals surface area contributed by atoms with Crippen molar-refractivity contribution in [3.63, 3.8) is 0 Å². The lowest BCUT2D eigenvalue weighted by molar-refractivity contribution is -0.384. The monoisotopic (exact) mass is 312 g/mol.